The van der Waals surface area contributed by atoms with Crippen LogP contribution >= 0.6 is 11.6 Å². The van der Waals surface area contributed by atoms with Crippen molar-refractivity contribution in [1.82, 2.24) is 14.8 Å². The third-order valence-corrected chi connectivity index (χ3v) is 3.57. The fourth-order valence-electron chi connectivity index (χ4n) is 2.08. The van der Waals surface area contributed by atoms with Gasteiger partial charge in [0.25, 0.3) is 5.91 Å². The highest BCUT2D eigenvalue weighted by Crippen LogP contribution is 2.22. The Morgan fingerprint density at radius 2 is 1.96 bits per heavy atom. The fourth-order valence-corrected chi connectivity index (χ4v) is 2.28. The molecule has 7 heteroatoms. The first kappa shape index (κ1) is 15.1. The lowest BCUT2D eigenvalue weighted by atomic mass is 10.1. The molecular weight excluding hydrogens is 316 g/mol. The lowest BCUT2D eigenvalue weighted by molar-refractivity contribution is 0.102. The standard InChI is InChI=1S/C16H13ClN4O2/c1-23-13-4-2-3-11(7-13)20-16(22)14-8-12(5-6-15(14)17)21-9-18-19-10-21/h2-10H,1H3,(H,20,22). The summed E-state index contributed by atoms with van der Waals surface area (Å²) in [7, 11) is 1.57. The van der Waals surface area contributed by atoms with Crippen molar-refractivity contribution in [3.8, 4) is 11.4 Å². The Kier molecular flexibility index (Phi) is 4.25. The molecule has 0 bridgehead atoms. The van der Waals surface area contributed by atoms with Gasteiger partial charge in [-0.25, -0.2) is 0 Å². The quantitative estimate of drug-likeness (QED) is 0.798. The molecule has 1 amide bonds. The van der Waals surface area contributed by atoms with Gasteiger partial charge in [-0.1, -0.05) is 17.7 Å². The minimum Gasteiger partial charge on any atom is -0.497 e. The lowest BCUT2D eigenvalue weighted by Crippen LogP contribution is -2.13. The van der Waals surface area contributed by atoms with Crippen LogP contribution < -0.4 is 10.1 Å². The Morgan fingerprint density at radius 1 is 1.17 bits per heavy atom. The van der Waals surface area contributed by atoms with E-state index in [1.54, 1.807) is 66.8 Å². The van der Waals surface area contributed by atoms with Crippen LogP contribution in [0.5, 0.6) is 5.75 Å². The summed E-state index contributed by atoms with van der Waals surface area (Å²) in [6.45, 7) is 0. The number of hydrogen-bond acceptors (Lipinski definition) is 4. The summed E-state index contributed by atoms with van der Waals surface area (Å²) < 4.78 is 6.83. The number of nitrogens with one attached hydrogen (secondary N) is 1. The van der Waals surface area contributed by atoms with Crippen molar-refractivity contribution < 1.29 is 9.53 Å². The molecule has 0 radical (unpaired) electrons. The molecule has 0 fully saturated rings. The molecule has 3 aromatic rings. The maximum Gasteiger partial charge on any atom is 0.257 e. The van der Waals surface area contributed by atoms with E-state index in [-0.39, 0.29) is 5.91 Å². The summed E-state index contributed by atoms with van der Waals surface area (Å²) in [6.07, 6.45) is 3.10. The van der Waals surface area contributed by atoms with Crippen molar-refractivity contribution in [2.45, 2.75) is 0 Å². The van der Waals surface area contributed by atoms with Gasteiger partial charge < -0.3 is 10.1 Å². The maximum atomic E-state index is 12.5. The van der Waals surface area contributed by atoms with Gasteiger partial charge in [0.2, 0.25) is 0 Å². The Balaban J connectivity index is 1.88. The molecule has 6 nitrogen and oxygen atoms in total. The number of amides is 1. The van der Waals surface area contributed by atoms with E-state index in [4.69, 9.17) is 16.3 Å². The second kappa shape index (κ2) is 6.50. The highest BCUT2D eigenvalue weighted by Gasteiger charge is 2.12. The first-order chi connectivity index (χ1) is 11.2. The molecule has 1 aromatic heterocycles. The van der Waals surface area contributed by atoms with E-state index in [1.165, 1.54) is 0 Å². The molecule has 116 valence electrons. The smallest absolute Gasteiger partial charge is 0.257 e. The van der Waals surface area contributed by atoms with Crippen molar-refractivity contribution in [3.05, 3.63) is 65.7 Å². The molecule has 0 aliphatic carbocycles. The van der Waals surface area contributed by atoms with Crippen LogP contribution in [-0.2, 0) is 0 Å². The van der Waals surface area contributed by atoms with Crippen LogP contribution in [0.1, 0.15) is 10.4 Å². The number of carbonyl (C=O) groups is 1. The number of carbonyl (C=O) groups excluding carboxylic acids is 1. The number of ether oxygens (including phenoxy) is 1. The molecule has 0 unspecified atom stereocenters. The highest BCUT2D eigenvalue weighted by molar-refractivity contribution is 6.34. The average Bonchev–Trinajstić information content (AvgIpc) is 3.10. The Morgan fingerprint density at radius 3 is 2.70 bits per heavy atom. The van der Waals surface area contributed by atoms with Gasteiger partial charge in [0, 0.05) is 17.4 Å². The van der Waals surface area contributed by atoms with Crippen LogP contribution in [0.25, 0.3) is 5.69 Å². The molecule has 0 saturated carbocycles. The summed E-state index contributed by atoms with van der Waals surface area (Å²) in [5, 5.41) is 10.7. The topological polar surface area (TPSA) is 69.0 Å². The van der Waals surface area contributed by atoms with Gasteiger partial charge >= 0.3 is 0 Å². The molecular formula is C16H13ClN4O2. The van der Waals surface area contributed by atoms with Gasteiger partial charge in [-0.05, 0) is 30.3 Å². The van der Waals surface area contributed by atoms with Gasteiger partial charge in [-0.2, -0.15) is 0 Å². The van der Waals surface area contributed by atoms with Crippen LogP contribution in [-0.4, -0.2) is 27.8 Å². The number of benzene rings is 2. The number of hydrogen-bond donors (Lipinski definition) is 1. The normalized spacial score (nSPS) is 10.3. The van der Waals surface area contributed by atoms with Crippen molar-refractivity contribution in [2.75, 3.05) is 12.4 Å². The fraction of sp³-hybridized carbons (Fsp3) is 0.0625. The van der Waals surface area contributed by atoms with E-state index in [9.17, 15) is 4.79 Å². The van der Waals surface area contributed by atoms with Gasteiger partial charge in [0.1, 0.15) is 18.4 Å². The molecule has 3 rings (SSSR count). The minimum absolute atomic E-state index is 0.307. The number of methoxy groups -OCH3 is 1. The Labute approximate surface area is 137 Å². The molecule has 0 aliphatic rings. The third kappa shape index (κ3) is 3.32. The van der Waals surface area contributed by atoms with Gasteiger partial charge in [0.15, 0.2) is 0 Å². The monoisotopic (exact) mass is 328 g/mol. The number of anilines is 1. The summed E-state index contributed by atoms with van der Waals surface area (Å²) in [5.41, 5.74) is 1.73. The number of nitrogens with zero attached hydrogens (tertiary/aromatic N) is 3. The molecule has 0 atom stereocenters. The minimum atomic E-state index is -0.307. The Bertz CT molecular complexity index is 834. The van der Waals surface area contributed by atoms with Crippen LogP contribution in [0.4, 0.5) is 5.69 Å². The number of aromatic nitrogens is 3. The maximum absolute atomic E-state index is 12.5. The summed E-state index contributed by atoms with van der Waals surface area (Å²) >= 11 is 6.15. The van der Waals surface area contributed by atoms with Crippen molar-refractivity contribution >= 4 is 23.2 Å². The lowest BCUT2D eigenvalue weighted by Gasteiger charge is -2.10. The summed E-state index contributed by atoms with van der Waals surface area (Å²) in [5.74, 6) is 0.352. The van der Waals surface area contributed by atoms with Crippen LogP contribution in [0.3, 0.4) is 0 Å². The zero-order chi connectivity index (χ0) is 16.2. The second-order valence-electron chi connectivity index (χ2n) is 4.72. The SMILES string of the molecule is COc1cccc(NC(=O)c2cc(-n3cnnc3)ccc2Cl)c1. The van der Waals surface area contributed by atoms with Crippen LogP contribution in [0.2, 0.25) is 5.02 Å². The van der Waals surface area contributed by atoms with Gasteiger partial charge in [0.05, 0.1) is 17.7 Å². The van der Waals surface area contributed by atoms with Crippen molar-refractivity contribution in [2.24, 2.45) is 0 Å². The van der Waals surface area contributed by atoms with Gasteiger partial charge in [-0.15, -0.1) is 10.2 Å². The predicted octanol–water partition coefficient (Wildman–Crippen LogP) is 3.18. The first-order valence-electron chi connectivity index (χ1n) is 6.77. The highest BCUT2D eigenvalue weighted by atomic mass is 35.5. The zero-order valence-corrected chi connectivity index (χ0v) is 13.0. The van der Waals surface area contributed by atoms with E-state index in [1.807, 2.05) is 0 Å². The van der Waals surface area contributed by atoms with Crippen LogP contribution in [0.15, 0.2) is 55.1 Å². The molecule has 1 N–H and O–H groups in total. The van der Waals surface area contributed by atoms with Crippen LogP contribution in [0, 0.1) is 0 Å². The van der Waals surface area contributed by atoms with E-state index in [0.29, 0.717) is 22.0 Å². The molecule has 0 spiro atoms. The summed E-state index contributed by atoms with van der Waals surface area (Å²) in [4.78, 5) is 12.5. The van der Waals surface area contributed by atoms with Crippen molar-refractivity contribution in [1.29, 1.82) is 0 Å². The second-order valence-corrected chi connectivity index (χ2v) is 5.13. The number of halogens is 1. The Hall–Kier alpha value is -2.86. The molecule has 1 heterocycles. The summed E-state index contributed by atoms with van der Waals surface area (Å²) in [6, 6.07) is 12.2. The average molecular weight is 329 g/mol. The third-order valence-electron chi connectivity index (χ3n) is 3.24. The van der Waals surface area contributed by atoms with E-state index in [0.717, 1.165) is 5.69 Å². The first-order valence-corrected chi connectivity index (χ1v) is 7.15. The molecule has 23 heavy (non-hydrogen) atoms. The largest absolute Gasteiger partial charge is 0.497 e. The molecule has 0 aliphatic heterocycles. The zero-order valence-electron chi connectivity index (χ0n) is 12.2. The molecule has 2 aromatic carbocycles. The van der Waals surface area contributed by atoms with Crippen molar-refractivity contribution in [3.63, 3.8) is 0 Å². The number of rotatable bonds is 4. The van der Waals surface area contributed by atoms with E-state index in [2.05, 4.69) is 15.5 Å². The molecule has 0 saturated heterocycles. The predicted molar refractivity (Wildman–Crippen MR) is 87.3 cm³/mol. The van der Waals surface area contributed by atoms with E-state index < -0.39 is 0 Å². The van der Waals surface area contributed by atoms with E-state index >= 15 is 0 Å². The van der Waals surface area contributed by atoms with Gasteiger partial charge in [-0.3, -0.25) is 9.36 Å².